The van der Waals surface area contributed by atoms with Gasteiger partial charge in [-0.1, -0.05) is 0 Å². The molecule has 0 heterocycles. The third-order valence-corrected chi connectivity index (χ3v) is 0.979. The molecule has 0 aliphatic heterocycles. The Morgan fingerprint density at radius 1 is 1.38 bits per heavy atom. The molecule has 0 unspecified atom stereocenters. The SMILES string of the molecule is C[C@@H](O)[C@H](N)C(=O)O.NCC(=O)O. The van der Waals surface area contributed by atoms with E-state index in [0.29, 0.717) is 0 Å². The third kappa shape index (κ3) is 10.8. The number of carboxylic acid groups (broad SMARTS) is 2. The molecule has 0 bridgehead atoms. The molecule has 0 saturated carbocycles. The minimum absolute atomic E-state index is 0.278. The molecule has 0 aliphatic rings. The van der Waals surface area contributed by atoms with Crippen molar-refractivity contribution in [3.8, 4) is 0 Å². The van der Waals surface area contributed by atoms with Crippen LogP contribution in [-0.4, -0.2) is 45.9 Å². The van der Waals surface area contributed by atoms with Gasteiger partial charge < -0.3 is 26.8 Å². The van der Waals surface area contributed by atoms with Gasteiger partial charge in [-0.25, -0.2) is 0 Å². The highest BCUT2D eigenvalue weighted by atomic mass is 16.4. The second-order valence-corrected chi connectivity index (χ2v) is 2.20. The van der Waals surface area contributed by atoms with Crippen LogP contribution in [0.25, 0.3) is 0 Å². The van der Waals surface area contributed by atoms with Gasteiger partial charge in [0.15, 0.2) is 0 Å². The van der Waals surface area contributed by atoms with E-state index in [4.69, 9.17) is 21.1 Å². The maximum Gasteiger partial charge on any atom is 0.323 e. The van der Waals surface area contributed by atoms with Crippen LogP contribution < -0.4 is 11.5 Å². The molecule has 78 valence electrons. The van der Waals surface area contributed by atoms with Crippen LogP contribution in [0.2, 0.25) is 0 Å². The van der Waals surface area contributed by atoms with Crippen molar-refractivity contribution in [2.75, 3.05) is 6.54 Å². The molecule has 0 fully saturated rings. The number of aliphatic hydroxyl groups is 1. The summed E-state index contributed by atoms with van der Waals surface area (Å²) in [4.78, 5) is 19.1. The van der Waals surface area contributed by atoms with Gasteiger partial charge in [0.1, 0.15) is 6.04 Å². The lowest BCUT2D eigenvalue weighted by atomic mass is 10.2. The Balaban J connectivity index is 0. The van der Waals surface area contributed by atoms with Gasteiger partial charge in [0.2, 0.25) is 0 Å². The maximum absolute atomic E-state index is 9.86. The summed E-state index contributed by atoms with van der Waals surface area (Å²) in [6.45, 7) is 1.05. The molecule has 7 N–H and O–H groups in total. The smallest absolute Gasteiger partial charge is 0.323 e. The number of aliphatic hydroxyl groups excluding tert-OH is 1. The number of carbonyl (C=O) groups is 2. The van der Waals surface area contributed by atoms with E-state index in [0.717, 1.165) is 0 Å². The van der Waals surface area contributed by atoms with E-state index in [1.54, 1.807) is 0 Å². The normalized spacial score (nSPS) is 13.5. The van der Waals surface area contributed by atoms with Crippen molar-refractivity contribution < 1.29 is 24.9 Å². The van der Waals surface area contributed by atoms with Crippen LogP contribution in [0.1, 0.15) is 6.92 Å². The molecule has 2 atom stereocenters. The predicted molar refractivity (Wildman–Crippen MR) is 44.0 cm³/mol. The molecule has 0 aliphatic carbocycles. The summed E-state index contributed by atoms with van der Waals surface area (Å²) >= 11 is 0. The fourth-order valence-corrected chi connectivity index (χ4v) is 0.206. The van der Waals surface area contributed by atoms with Crippen molar-refractivity contribution in [2.24, 2.45) is 11.5 Å². The van der Waals surface area contributed by atoms with E-state index < -0.39 is 24.1 Å². The van der Waals surface area contributed by atoms with E-state index in [1.165, 1.54) is 6.92 Å². The largest absolute Gasteiger partial charge is 0.480 e. The van der Waals surface area contributed by atoms with Crippen molar-refractivity contribution in [2.45, 2.75) is 19.1 Å². The van der Waals surface area contributed by atoms with E-state index in [-0.39, 0.29) is 6.54 Å². The molecule has 0 amide bonds. The van der Waals surface area contributed by atoms with Crippen LogP contribution in [0.5, 0.6) is 0 Å². The van der Waals surface area contributed by atoms with Gasteiger partial charge in [0.25, 0.3) is 0 Å². The summed E-state index contributed by atoms with van der Waals surface area (Å²) in [6.07, 6.45) is -0.979. The van der Waals surface area contributed by atoms with Crippen LogP contribution in [0.4, 0.5) is 0 Å². The minimum Gasteiger partial charge on any atom is -0.480 e. The standard InChI is InChI=1S/C4H9NO3.C2H5NO2/c1-2(6)3(5)4(7)8;3-1-2(4)5/h2-3,6H,5H2,1H3,(H,7,8);1,3H2,(H,4,5)/t2-,3+;/m1./s1. The molecule has 0 rings (SSSR count). The summed E-state index contributed by atoms with van der Waals surface area (Å²) in [5.74, 6) is -2.15. The molecule has 7 nitrogen and oxygen atoms in total. The monoisotopic (exact) mass is 194 g/mol. The highest BCUT2D eigenvalue weighted by Gasteiger charge is 2.16. The Bertz CT molecular complexity index is 170. The lowest BCUT2D eigenvalue weighted by Crippen LogP contribution is -2.39. The maximum atomic E-state index is 9.86. The van der Waals surface area contributed by atoms with E-state index >= 15 is 0 Å². The molecule has 7 heteroatoms. The Hall–Kier alpha value is -1.18. The van der Waals surface area contributed by atoms with Gasteiger partial charge in [-0.15, -0.1) is 0 Å². The number of rotatable bonds is 3. The molecule has 0 aromatic carbocycles. The van der Waals surface area contributed by atoms with Crippen molar-refractivity contribution in [1.29, 1.82) is 0 Å². The second kappa shape index (κ2) is 7.47. The van der Waals surface area contributed by atoms with Gasteiger partial charge >= 0.3 is 11.9 Å². The fraction of sp³-hybridized carbons (Fsp3) is 0.667. The molecular formula is C6H14N2O5. The first-order valence-electron chi connectivity index (χ1n) is 3.41. The van der Waals surface area contributed by atoms with Crippen molar-refractivity contribution in [3.05, 3.63) is 0 Å². The van der Waals surface area contributed by atoms with Gasteiger partial charge in [-0.2, -0.15) is 0 Å². The van der Waals surface area contributed by atoms with E-state index in [1.807, 2.05) is 0 Å². The van der Waals surface area contributed by atoms with Gasteiger partial charge in [-0.05, 0) is 6.92 Å². The zero-order valence-corrected chi connectivity index (χ0v) is 7.17. The van der Waals surface area contributed by atoms with Crippen molar-refractivity contribution >= 4 is 11.9 Å². The zero-order chi connectivity index (χ0) is 11.0. The predicted octanol–water partition coefficient (Wildman–Crippen LogP) is -2.19. The van der Waals surface area contributed by atoms with Crippen LogP contribution in [0.15, 0.2) is 0 Å². The lowest BCUT2D eigenvalue weighted by molar-refractivity contribution is -0.141. The summed E-state index contributed by atoms with van der Waals surface area (Å²) in [5, 5.41) is 24.2. The molecule has 0 spiro atoms. The second-order valence-electron chi connectivity index (χ2n) is 2.20. The lowest BCUT2D eigenvalue weighted by Gasteiger charge is -2.06. The number of hydrogen-bond acceptors (Lipinski definition) is 5. The van der Waals surface area contributed by atoms with E-state index in [2.05, 4.69) is 5.73 Å². The van der Waals surface area contributed by atoms with Gasteiger partial charge in [0, 0.05) is 0 Å². The van der Waals surface area contributed by atoms with Gasteiger partial charge in [-0.3, -0.25) is 9.59 Å². The average molecular weight is 194 g/mol. The molecule has 0 aromatic rings. The molecule has 0 aromatic heterocycles. The highest BCUT2D eigenvalue weighted by Crippen LogP contribution is 1.85. The summed E-state index contributed by atoms with van der Waals surface area (Å²) in [5.41, 5.74) is 9.48. The van der Waals surface area contributed by atoms with E-state index in [9.17, 15) is 9.59 Å². The third-order valence-electron chi connectivity index (χ3n) is 0.979. The van der Waals surface area contributed by atoms with Crippen LogP contribution in [0.3, 0.4) is 0 Å². The van der Waals surface area contributed by atoms with Crippen LogP contribution in [-0.2, 0) is 9.59 Å². The average Bonchev–Trinajstić information content (AvgIpc) is 2.03. The number of nitrogens with two attached hydrogens (primary N) is 2. The summed E-state index contributed by atoms with van der Waals surface area (Å²) in [6, 6.07) is -1.16. The van der Waals surface area contributed by atoms with Crippen LogP contribution in [0, 0.1) is 0 Å². The highest BCUT2D eigenvalue weighted by molar-refractivity contribution is 5.73. The first-order chi connectivity index (χ1) is 5.82. The minimum atomic E-state index is -1.18. The topological polar surface area (TPSA) is 147 Å². The van der Waals surface area contributed by atoms with Crippen molar-refractivity contribution in [3.63, 3.8) is 0 Å². The fourth-order valence-electron chi connectivity index (χ4n) is 0.206. The first-order valence-corrected chi connectivity index (χ1v) is 3.41. The molecule has 13 heavy (non-hydrogen) atoms. The summed E-state index contributed by atoms with van der Waals surface area (Å²) < 4.78 is 0. The quantitative estimate of drug-likeness (QED) is 0.342. The first kappa shape index (κ1) is 14.3. The Labute approximate surface area is 75.0 Å². The number of aliphatic carboxylic acids is 2. The zero-order valence-electron chi connectivity index (χ0n) is 7.17. The Morgan fingerprint density at radius 2 is 1.69 bits per heavy atom. The number of carboxylic acids is 2. The number of hydrogen-bond donors (Lipinski definition) is 5. The molecule has 0 saturated heterocycles. The molecular weight excluding hydrogens is 180 g/mol. The Morgan fingerprint density at radius 3 is 1.69 bits per heavy atom. The van der Waals surface area contributed by atoms with Gasteiger partial charge in [0.05, 0.1) is 12.6 Å². The summed E-state index contributed by atoms with van der Waals surface area (Å²) in [7, 11) is 0. The Kier molecular flexibility index (Phi) is 8.24. The van der Waals surface area contributed by atoms with Crippen LogP contribution >= 0.6 is 0 Å². The van der Waals surface area contributed by atoms with Crippen molar-refractivity contribution in [1.82, 2.24) is 0 Å². The molecule has 0 radical (unpaired) electrons.